The Morgan fingerprint density at radius 1 is 0.975 bits per heavy atom. The van der Waals surface area contributed by atoms with Crippen LogP contribution in [0.15, 0.2) is 60.9 Å². The van der Waals surface area contributed by atoms with E-state index in [-0.39, 0.29) is 11.9 Å². The van der Waals surface area contributed by atoms with E-state index in [1.807, 2.05) is 80.0 Å². The number of nitrogens with zero attached hydrogens (tertiary/aromatic N) is 5. The minimum absolute atomic E-state index is 0.144. The third-order valence-corrected chi connectivity index (χ3v) is 6.79. The van der Waals surface area contributed by atoms with Crippen molar-refractivity contribution in [3.8, 4) is 28.3 Å². The third-order valence-electron chi connectivity index (χ3n) is 6.79. The molecule has 2 aromatic carbocycles. The SMILES string of the molecule is CCn1ccc(-c2cc(-c3ccn(CCOC)n3)cc([C@@H](C)NC(=O)c3cc(OCCN(C)C)ccc3C)c2)n1. The predicted molar refractivity (Wildman–Crippen MR) is 158 cm³/mol. The van der Waals surface area contributed by atoms with E-state index >= 15 is 0 Å². The van der Waals surface area contributed by atoms with E-state index in [1.165, 1.54) is 0 Å². The molecule has 4 rings (SSSR count). The van der Waals surface area contributed by atoms with Crippen LogP contribution < -0.4 is 10.1 Å². The first-order valence-electron chi connectivity index (χ1n) is 13.7. The van der Waals surface area contributed by atoms with Crippen LogP contribution in [0.5, 0.6) is 5.75 Å². The number of ether oxygens (including phenoxy) is 2. The number of hydrogen-bond donors (Lipinski definition) is 1. The summed E-state index contributed by atoms with van der Waals surface area (Å²) in [6, 6.07) is 15.7. The van der Waals surface area contributed by atoms with E-state index in [0.717, 1.165) is 46.7 Å². The Morgan fingerprint density at radius 2 is 1.65 bits per heavy atom. The normalized spacial score (nSPS) is 12.1. The monoisotopic (exact) mass is 544 g/mol. The van der Waals surface area contributed by atoms with E-state index in [1.54, 1.807) is 7.11 Å². The van der Waals surface area contributed by atoms with Gasteiger partial charge in [0.15, 0.2) is 0 Å². The maximum atomic E-state index is 13.4. The quantitative estimate of drug-likeness (QED) is 0.260. The molecule has 1 amide bonds. The first-order chi connectivity index (χ1) is 19.3. The van der Waals surface area contributed by atoms with Crippen molar-refractivity contribution in [1.82, 2.24) is 29.8 Å². The molecule has 9 heteroatoms. The lowest BCUT2D eigenvalue weighted by Crippen LogP contribution is -2.27. The van der Waals surface area contributed by atoms with Crippen molar-refractivity contribution in [1.29, 1.82) is 0 Å². The number of amides is 1. The number of nitrogens with one attached hydrogen (secondary N) is 1. The van der Waals surface area contributed by atoms with E-state index < -0.39 is 0 Å². The second kappa shape index (κ2) is 13.4. The summed E-state index contributed by atoms with van der Waals surface area (Å²) in [7, 11) is 5.68. The Hall–Kier alpha value is -3.95. The Balaban J connectivity index is 1.61. The molecule has 0 saturated carbocycles. The summed E-state index contributed by atoms with van der Waals surface area (Å²) in [5, 5.41) is 12.7. The largest absolute Gasteiger partial charge is 0.492 e. The van der Waals surface area contributed by atoms with Gasteiger partial charge in [-0.25, -0.2) is 0 Å². The molecule has 0 aliphatic rings. The first-order valence-corrected chi connectivity index (χ1v) is 13.7. The minimum atomic E-state index is -0.257. The molecule has 1 N–H and O–H groups in total. The van der Waals surface area contributed by atoms with Crippen molar-refractivity contribution >= 4 is 5.91 Å². The Kier molecular flexibility index (Phi) is 9.74. The number of carbonyl (C=O) groups is 1. The van der Waals surface area contributed by atoms with Gasteiger partial charge in [0.25, 0.3) is 5.91 Å². The Labute approximate surface area is 236 Å². The molecule has 2 aromatic heterocycles. The lowest BCUT2D eigenvalue weighted by molar-refractivity contribution is 0.0938. The maximum absolute atomic E-state index is 13.4. The molecule has 9 nitrogen and oxygen atoms in total. The zero-order valence-corrected chi connectivity index (χ0v) is 24.3. The number of methoxy groups -OCH3 is 1. The van der Waals surface area contributed by atoms with Crippen LogP contribution in [0.3, 0.4) is 0 Å². The molecule has 2 heterocycles. The van der Waals surface area contributed by atoms with Crippen LogP contribution in [0.25, 0.3) is 22.5 Å². The predicted octanol–water partition coefficient (Wildman–Crippen LogP) is 4.82. The van der Waals surface area contributed by atoms with Crippen molar-refractivity contribution in [3.63, 3.8) is 0 Å². The maximum Gasteiger partial charge on any atom is 0.252 e. The van der Waals surface area contributed by atoms with E-state index in [2.05, 4.69) is 35.3 Å². The van der Waals surface area contributed by atoms with Crippen LogP contribution in [-0.4, -0.2) is 71.3 Å². The second-order valence-corrected chi connectivity index (χ2v) is 10.2. The summed E-state index contributed by atoms with van der Waals surface area (Å²) in [5.41, 5.74) is 6.12. The standard InChI is InChI=1S/C31H40N6O3/c1-7-36-12-10-29(33-36)25-18-24(19-26(20-25)30-11-13-37(34-30)15-16-39-6)23(3)32-31(38)28-21-27(9-8-22(28)2)40-17-14-35(4)5/h8-13,18-21,23H,7,14-17H2,1-6H3,(H,32,38)/t23-/m1/s1. The lowest BCUT2D eigenvalue weighted by atomic mass is 9.97. The number of aromatic nitrogens is 4. The molecular formula is C31H40N6O3. The van der Waals surface area contributed by atoms with E-state index in [0.29, 0.717) is 31.1 Å². The smallest absolute Gasteiger partial charge is 0.252 e. The van der Waals surface area contributed by atoms with Crippen LogP contribution in [0, 0.1) is 6.92 Å². The van der Waals surface area contributed by atoms with Gasteiger partial charge in [0.2, 0.25) is 0 Å². The number of carbonyl (C=O) groups excluding carboxylic acids is 1. The highest BCUT2D eigenvalue weighted by Crippen LogP contribution is 2.30. The van der Waals surface area contributed by atoms with Crippen molar-refractivity contribution in [2.75, 3.05) is 41.0 Å². The summed E-state index contributed by atoms with van der Waals surface area (Å²) in [6.07, 6.45) is 3.93. The molecule has 4 aromatic rings. The summed E-state index contributed by atoms with van der Waals surface area (Å²) in [6.45, 7) is 9.40. The molecule has 0 bridgehead atoms. The molecule has 212 valence electrons. The highest BCUT2D eigenvalue weighted by molar-refractivity contribution is 5.96. The summed E-state index contributed by atoms with van der Waals surface area (Å²) < 4.78 is 14.8. The molecule has 0 aliphatic carbocycles. The van der Waals surface area contributed by atoms with Gasteiger partial charge in [-0.15, -0.1) is 0 Å². The van der Waals surface area contributed by atoms with Crippen LogP contribution in [0.2, 0.25) is 0 Å². The number of rotatable bonds is 13. The van der Waals surface area contributed by atoms with Gasteiger partial charge in [-0.3, -0.25) is 14.2 Å². The molecule has 1 atom stereocenters. The number of aryl methyl sites for hydroxylation is 2. The van der Waals surface area contributed by atoms with E-state index in [4.69, 9.17) is 19.7 Å². The van der Waals surface area contributed by atoms with Gasteiger partial charge in [-0.1, -0.05) is 6.07 Å². The summed E-state index contributed by atoms with van der Waals surface area (Å²) in [4.78, 5) is 15.5. The fourth-order valence-electron chi connectivity index (χ4n) is 4.35. The van der Waals surface area contributed by atoms with Crippen LogP contribution >= 0.6 is 0 Å². The van der Waals surface area contributed by atoms with Gasteiger partial charge in [0.1, 0.15) is 12.4 Å². The van der Waals surface area contributed by atoms with Crippen molar-refractivity contribution in [2.24, 2.45) is 0 Å². The molecule has 0 aliphatic heterocycles. The van der Waals surface area contributed by atoms with Gasteiger partial charge in [-0.05, 0) is 88.5 Å². The van der Waals surface area contributed by atoms with Gasteiger partial charge >= 0.3 is 0 Å². The topological polar surface area (TPSA) is 86.4 Å². The Morgan fingerprint density at radius 3 is 2.27 bits per heavy atom. The summed E-state index contributed by atoms with van der Waals surface area (Å²) >= 11 is 0. The second-order valence-electron chi connectivity index (χ2n) is 10.2. The Bertz CT molecular complexity index is 1420. The van der Waals surface area contributed by atoms with Crippen LogP contribution in [0.4, 0.5) is 0 Å². The fraction of sp³-hybridized carbons (Fsp3) is 0.387. The number of benzene rings is 2. The highest BCUT2D eigenvalue weighted by atomic mass is 16.5. The molecule has 0 radical (unpaired) electrons. The average Bonchev–Trinajstić information content (AvgIpc) is 3.62. The van der Waals surface area contributed by atoms with Gasteiger partial charge in [0.05, 0.1) is 30.6 Å². The molecular weight excluding hydrogens is 504 g/mol. The van der Waals surface area contributed by atoms with E-state index in [9.17, 15) is 4.79 Å². The van der Waals surface area contributed by atoms with Gasteiger partial charge < -0.3 is 19.7 Å². The molecule has 40 heavy (non-hydrogen) atoms. The highest BCUT2D eigenvalue weighted by Gasteiger charge is 2.18. The first kappa shape index (κ1) is 29.0. The van der Waals surface area contributed by atoms with Crippen molar-refractivity contribution in [2.45, 2.75) is 39.9 Å². The summed E-state index contributed by atoms with van der Waals surface area (Å²) in [5.74, 6) is 0.541. The molecule has 0 saturated heterocycles. The van der Waals surface area contributed by atoms with Crippen LogP contribution in [0.1, 0.15) is 41.4 Å². The van der Waals surface area contributed by atoms with Crippen molar-refractivity contribution < 1.29 is 14.3 Å². The van der Waals surface area contributed by atoms with Crippen LogP contribution in [-0.2, 0) is 17.8 Å². The number of hydrogen-bond acceptors (Lipinski definition) is 6. The zero-order valence-electron chi connectivity index (χ0n) is 24.3. The van der Waals surface area contributed by atoms with Gasteiger partial charge in [0, 0.05) is 49.3 Å². The van der Waals surface area contributed by atoms with Crippen molar-refractivity contribution in [3.05, 3.63) is 77.6 Å². The molecule has 0 spiro atoms. The third kappa shape index (κ3) is 7.37. The van der Waals surface area contributed by atoms with Gasteiger partial charge in [-0.2, -0.15) is 10.2 Å². The zero-order chi connectivity index (χ0) is 28.6. The number of likely N-dealkylation sites (N-methyl/N-ethyl adjacent to an activating group) is 1. The average molecular weight is 545 g/mol. The minimum Gasteiger partial charge on any atom is -0.492 e. The fourth-order valence-corrected chi connectivity index (χ4v) is 4.35. The molecule has 0 unspecified atom stereocenters. The lowest BCUT2D eigenvalue weighted by Gasteiger charge is -2.18. The molecule has 0 fully saturated rings.